The van der Waals surface area contributed by atoms with E-state index in [2.05, 4.69) is 9.88 Å². The summed E-state index contributed by atoms with van der Waals surface area (Å²) < 4.78 is 28.6. The molecule has 8 heteroatoms. The predicted molar refractivity (Wildman–Crippen MR) is 126 cm³/mol. The van der Waals surface area contributed by atoms with Gasteiger partial charge < -0.3 is 14.4 Å². The van der Waals surface area contributed by atoms with E-state index in [4.69, 9.17) is 4.98 Å². The summed E-state index contributed by atoms with van der Waals surface area (Å²) in [7, 11) is 0. The van der Waals surface area contributed by atoms with Gasteiger partial charge in [0.05, 0.1) is 5.69 Å². The van der Waals surface area contributed by atoms with Crippen LogP contribution in [0.1, 0.15) is 0 Å². The smallest absolute Gasteiger partial charge is 0.242 e. The Morgan fingerprint density at radius 3 is 2.09 bits per heavy atom. The van der Waals surface area contributed by atoms with Gasteiger partial charge in [-0.2, -0.15) is 0 Å². The van der Waals surface area contributed by atoms with E-state index in [1.54, 1.807) is 41.2 Å². The molecule has 0 N–H and O–H groups in total. The normalized spacial score (nSPS) is 13.8. The summed E-state index contributed by atoms with van der Waals surface area (Å²) in [5, 5.41) is 0. The maximum atomic E-state index is 13.5. The molecule has 0 aliphatic carbocycles. The number of halogens is 2. The quantitative estimate of drug-likeness (QED) is 0.448. The van der Waals surface area contributed by atoms with Crippen LogP contribution >= 0.6 is 0 Å². The summed E-state index contributed by atoms with van der Waals surface area (Å²) in [4.78, 5) is 26.3. The van der Waals surface area contributed by atoms with Gasteiger partial charge in [-0.15, -0.1) is 0 Å². The first-order chi connectivity index (χ1) is 16.6. The van der Waals surface area contributed by atoms with Crippen molar-refractivity contribution in [3.63, 3.8) is 0 Å². The average molecular weight is 460 g/mol. The number of hydrogen-bond acceptors (Lipinski definition) is 4. The van der Waals surface area contributed by atoms with E-state index in [1.165, 1.54) is 24.3 Å². The minimum absolute atomic E-state index is 0.0212. The second-order valence-corrected chi connectivity index (χ2v) is 8.15. The van der Waals surface area contributed by atoms with E-state index in [1.807, 2.05) is 23.1 Å². The van der Waals surface area contributed by atoms with Gasteiger partial charge in [0.25, 0.3) is 0 Å². The van der Waals surface area contributed by atoms with Gasteiger partial charge in [0.15, 0.2) is 0 Å². The van der Waals surface area contributed by atoms with Gasteiger partial charge in [0.1, 0.15) is 29.8 Å². The Kier molecular flexibility index (Phi) is 6.03. The van der Waals surface area contributed by atoms with Gasteiger partial charge in [0, 0.05) is 49.7 Å². The first-order valence-corrected chi connectivity index (χ1v) is 11.1. The maximum Gasteiger partial charge on any atom is 0.242 e. The van der Waals surface area contributed by atoms with Crippen molar-refractivity contribution in [2.24, 2.45) is 0 Å². The fraction of sp³-hybridized carbons (Fsp3) is 0.192. The topological polar surface area (TPSA) is 54.3 Å². The van der Waals surface area contributed by atoms with Crippen molar-refractivity contribution in [3.8, 4) is 22.6 Å². The summed E-state index contributed by atoms with van der Waals surface area (Å²) in [5.41, 5.74) is 2.05. The van der Waals surface area contributed by atoms with Crippen LogP contribution in [0.15, 0.2) is 79.1 Å². The van der Waals surface area contributed by atoms with Gasteiger partial charge in [0.2, 0.25) is 5.91 Å². The molecule has 172 valence electrons. The number of benzene rings is 2. The standard InChI is InChI=1S/C26H23F2N5O/c27-21-8-4-19(5-9-21)23-17-33(26(30-23)20-6-10-22(28)11-7-20)18-25(34)32-15-13-31(14-16-32)24-3-1-2-12-29-24/h1-12,17H,13-16,18H2. The monoisotopic (exact) mass is 459 g/mol. The summed E-state index contributed by atoms with van der Waals surface area (Å²) in [6, 6.07) is 17.9. The molecule has 2 aromatic heterocycles. The molecule has 1 saturated heterocycles. The summed E-state index contributed by atoms with van der Waals surface area (Å²) in [6.45, 7) is 2.71. The number of rotatable bonds is 5. The largest absolute Gasteiger partial charge is 0.353 e. The molecule has 0 spiro atoms. The van der Waals surface area contributed by atoms with Crippen LogP contribution in [-0.4, -0.2) is 51.5 Å². The summed E-state index contributed by atoms with van der Waals surface area (Å²) >= 11 is 0. The Hall–Kier alpha value is -4.07. The molecule has 6 nitrogen and oxygen atoms in total. The Morgan fingerprint density at radius 2 is 1.47 bits per heavy atom. The molecule has 5 rings (SSSR count). The van der Waals surface area contributed by atoms with Gasteiger partial charge in [-0.3, -0.25) is 4.79 Å². The molecule has 1 amide bonds. The lowest BCUT2D eigenvalue weighted by Gasteiger charge is -2.35. The highest BCUT2D eigenvalue weighted by Crippen LogP contribution is 2.26. The highest BCUT2D eigenvalue weighted by Gasteiger charge is 2.23. The average Bonchev–Trinajstić information content (AvgIpc) is 3.29. The Bertz CT molecular complexity index is 1270. The summed E-state index contributed by atoms with van der Waals surface area (Å²) in [6.07, 6.45) is 3.55. The number of nitrogens with zero attached hydrogens (tertiary/aromatic N) is 5. The van der Waals surface area contributed by atoms with Crippen molar-refractivity contribution < 1.29 is 13.6 Å². The molecule has 0 saturated carbocycles. The van der Waals surface area contributed by atoms with E-state index >= 15 is 0 Å². The molecular weight excluding hydrogens is 436 g/mol. The van der Waals surface area contributed by atoms with E-state index in [0.717, 1.165) is 11.4 Å². The highest BCUT2D eigenvalue weighted by molar-refractivity contribution is 5.78. The molecule has 0 atom stereocenters. The van der Waals surface area contributed by atoms with Crippen LogP contribution < -0.4 is 4.90 Å². The molecule has 1 aliphatic heterocycles. The number of pyridine rings is 1. The third-order valence-corrected chi connectivity index (χ3v) is 5.93. The summed E-state index contributed by atoms with van der Waals surface area (Å²) in [5.74, 6) is 0.767. The lowest BCUT2D eigenvalue weighted by atomic mass is 10.2. The van der Waals surface area contributed by atoms with Gasteiger partial charge in [-0.05, 0) is 60.7 Å². The van der Waals surface area contributed by atoms with E-state index < -0.39 is 0 Å². The molecule has 1 aliphatic rings. The zero-order chi connectivity index (χ0) is 23.5. The molecule has 2 aromatic carbocycles. The fourth-order valence-electron chi connectivity index (χ4n) is 4.10. The predicted octanol–water partition coefficient (Wildman–Crippen LogP) is 4.24. The van der Waals surface area contributed by atoms with Gasteiger partial charge in [-0.25, -0.2) is 18.7 Å². The van der Waals surface area contributed by atoms with Crippen LogP contribution in [0.4, 0.5) is 14.6 Å². The fourth-order valence-corrected chi connectivity index (χ4v) is 4.10. The van der Waals surface area contributed by atoms with Crippen LogP contribution in [0.3, 0.4) is 0 Å². The Balaban J connectivity index is 1.36. The first kappa shape index (κ1) is 21.8. The first-order valence-electron chi connectivity index (χ1n) is 11.1. The number of hydrogen-bond donors (Lipinski definition) is 0. The van der Waals surface area contributed by atoms with Crippen molar-refractivity contribution >= 4 is 11.7 Å². The Labute approximate surface area is 196 Å². The van der Waals surface area contributed by atoms with Crippen LogP contribution in [-0.2, 0) is 11.3 Å². The van der Waals surface area contributed by atoms with Crippen LogP contribution in [0.5, 0.6) is 0 Å². The van der Waals surface area contributed by atoms with Gasteiger partial charge in [-0.1, -0.05) is 6.07 Å². The third kappa shape index (κ3) is 4.66. The van der Waals surface area contributed by atoms with Crippen molar-refractivity contribution in [2.45, 2.75) is 6.54 Å². The molecule has 0 bridgehead atoms. The zero-order valence-corrected chi connectivity index (χ0v) is 18.4. The van der Waals surface area contributed by atoms with Crippen molar-refractivity contribution in [1.29, 1.82) is 0 Å². The number of anilines is 1. The number of imidazole rings is 1. The molecule has 0 unspecified atom stereocenters. The van der Waals surface area contributed by atoms with E-state index in [9.17, 15) is 13.6 Å². The lowest BCUT2D eigenvalue weighted by Crippen LogP contribution is -2.49. The number of amides is 1. The maximum absolute atomic E-state index is 13.5. The number of carbonyl (C=O) groups is 1. The number of piperazine rings is 1. The molecule has 1 fully saturated rings. The molecule has 0 radical (unpaired) electrons. The lowest BCUT2D eigenvalue weighted by molar-refractivity contribution is -0.132. The van der Waals surface area contributed by atoms with Crippen LogP contribution in [0.25, 0.3) is 22.6 Å². The second kappa shape index (κ2) is 9.43. The minimum Gasteiger partial charge on any atom is -0.353 e. The van der Waals surface area contributed by atoms with Crippen molar-refractivity contribution in [2.75, 3.05) is 31.1 Å². The van der Waals surface area contributed by atoms with Crippen molar-refractivity contribution in [3.05, 3.63) is 90.8 Å². The van der Waals surface area contributed by atoms with E-state index in [-0.39, 0.29) is 24.1 Å². The van der Waals surface area contributed by atoms with Gasteiger partial charge >= 0.3 is 0 Å². The molecule has 4 aromatic rings. The Morgan fingerprint density at radius 1 is 0.824 bits per heavy atom. The third-order valence-electron chi connectivity index (χ3n) is 5.93. The number of carbonyl (C=O) groups excluding carboxylic acids is 1. The second-order valence-electron chi connectivity index (χ2n) is 8.15. The zero-order valence-electron chi connectivity index (χ0n) is 18.4. The van der Waals surface area contributed by atoms with Crippen LogP contribution in [0, 0.1) is 11.6 Å². The minimum atomic E-state index is -0.345. The van der Waals surface area contributed by atoms with Crippen molar-refractivity contribution in [1.82, 2.24) is 19.4 Å². The van der Waals surface area contributed by atoms with Crippen LogP contribution in [0.2, 0.25) is 0 Å². The highest BCUT2D eigenvalue weighted by atomic mass is 19.1. The molecular formula is C26H23F2N5O. The molecule has 34 heavy (non-hydrogen) atoms. The number of aromatic nitrogens is 3. The molecule has 3 heterocycles. The van der Waals surface area contributed by atoms with E-state index in [0.29, 0.717) is 43.3 Å². The SMILES string of the molecule is O=C(Cn1cc(-c2ccc(F)cc2)nc1-c1ccc(F)cc1)N1CCN(c2ccccn2)CC1.